The van der Waals surface area contributed by atoms with E-state index >= 15 is 0 Å². The topological polar surface area (TPSA) is 31.0 Å². The Morgan fingerprint density at radius 2 is 1.48 bits per heavy atom. The minimum absolute atomic E-state index is 0.923. The van der Waals surface area contributed by atoms with Crippen molar-refractivity contribution < 1.29 is 4.42 Å². The Hall–Kier alpha value is -3.63. The zero-order valence-corrected chi connectivity index (χ0v) is 16.1. The van der Waals surface area contributed by atoms with E-state index in [1.54, 1.807) is 11.3 Å². The van der Waals surface area contributed by atoms with Crippen molar-refractivity contribution in [3.63, 3.8) is 0 Å². The van der Waals surface area contributed by atoms with Crippen LogP contribution in [-0.2, 0) is 0 Å². The molecule has 136 valence electrons. The third-order valence-electron chi connectivity index (χ3n) is 5.65. The number of furan rings is 1. The molecule has 4 heteroatoms. The van der Waals surface area contributed by atoms with E-state index < -0.39 is 0 Å². The monoisotopic (exact) mass is 390 g/mol. The Morgan fingerprint density at radius 3 is 2.41 bits per heavy atom. The maximum absolute atomic E-state index is 6.35. The van der Waals surface area contributed by atoms with Crippen LogP contribution in [0, 0.1) is 0 Å². The summed E-state index contributed by atoms with van der Waals surface area (Å²) in [4.78, 5) is 4.93. The SMILES string of the molecule is c1ccc2sc(-n3c4ccccc4c4c5oc6ccccc6c5ccc43)nc2c1. The molecule has 0 unspecified atom stereocenters. The third kappa shape index (κ3) is 1.99. The summed E-state index contributed by atoms with van der Waals surface area (Å²) in [5, 5.41) is 5.62. The van der Waals surface area contributed by atoms with Gasteiger partial charge in [-0.3, -0.25) is 4.57 Å². The lowest BCUT2D eigenvalue weighted by molar-refractivity contribution is 0.673. The quantitative estimate of drug-likeness (QED) is 0.295. The van der Waals surface area contributed by atoms with Gasteiger partial charge in [-0.2, -0.15) is 0 Å². The van der Waals surface area contributed by atoms with Crippen LogP contribution in [-0.4, -0.2) is 9.55 Å². The molecule has 3 nitrogen and oxygen atoms in total. The van der Waals surface area contributed by atoms with E-state index in [4.69, 9.17) is 9.40 Å². The first-order chi connectivity index (χ1) is 14.4. The number of hydrogen-bond donors (Lipinski definition) is 0. The van der Waals surface area contributed by atoms with E-state index in [9.17, 15) is 0 Å². The van der Waals surface area contributed by atoms with Crippen molar-refractivity contribution in [3.8, 4) is 5.13 Å². The number of hydrogen-bond acceptors (Lipinski definition) is 3. The second-order valence-electron chi connectivity index (χ2n) is 7.25. The minimum Gasteiger partial charge on any atom is -0.455 e. The molecule has 0 aliphatic heterocycles. The molecule has 0 saturated heterocycles. The molecule has 0 fully saturated rings. The molecular formula is C25H14N2OS. The zero-order valence-electron chi connectivity index (χ0n) is 15.3. The van der Waals surface area contributed by atoms with Gasteiger partial charge >= 0.3 is 0 Å². The summed E-state index contributed by atoms with van der Waals surface area (Å²) in [7, 11) is 0. The van der Waals surface area contributed by atoms with Gasteiger partial charge in [0.1, 0.15) is 11.2 Å². The van der Waals surface area contributed by atoms with E-state index in [1.165, 1.54) is 10.1 Å². The standard InChI is InChI=1S/C25H14N2OS/c1-4-10-19-17(8-1)23-20(27(19)25-26-18-9-3-6-12-22(18)29-25)14-13-16-15-7-2-5-11-21(15)28-24(16)23/h1-14H. The van der Waals surface area contributed by atoms with Gasteiger partial charge in [-0.15, -0.1) is 0 Å². The van der Waals surface area contributed by atoms with Crippen LogP contribution in [0.25, 0.3) is 59.1 Å². The van der Waals surface area contributed by atoms with Crippen molar-refractivity contribution in [2.75, 3.05) is 0 Å². The molecule has 4 aromatic carbocycles. The Bertz CT molecular complexity index is 1680. The molecular weight excluding hydrogens is 376 g/mol. The molecule has 3 heterocycles. The first-order valence-electron chi connectivity index (χ1n) is 9.58. The number of rotatable bonds is 1. The minimum atomic E-state index is 0.923. The van der Waals surface area contributed by atoms with Gasteiger partial charge in [0, 0.05) is 16.2 Å². The van der Waals surface area contributed by atoms with Crippen molar-refractivity contribution in [1.29, 1.82) is 0 Å². The second kappa shape index (κ2) is 5.46. The Kier molecular flexibility index (Phi) is 2.88. The van der Waals surface area contributed by atoms with Gasteiger partial charge in [-0.25, -0.2) is 4.98 Å². The smallest absolute Gasteiger partial charge is 0.195 e. The van der Waals surface area contributed by atoms with Crippen LogP contribution < -0.4 is 0 Å². The van der Waals surface area contributed by atoms with Gasteiger partial charge in [0.2, 0.25) is 0 Å². The highest BCUT2D eigenvalue weighted by atomic mass is 32.1. The molecule has 0 aliphatic rings. The molecule has 0 amide bonds. The Morgan fingerprint density at radius 1 is 0.690 bits per heavy atom. The first-order valence-corrected chi connectivity index (χ1v) is 10.4. The molecule has 0 bridgehead atoms. The summed E-state index contributed by atoms with van der Waals surface area (Å²) in [6, 6.07) is 29.4. The highest BCUT2D eigenvalue weighted by Gasteiger charge is 2.19. The number of fused-ring (bicyclic) bond motifs is 8. The fourth-order valence-corrected chi connectivity index (χ4v) is 5.39. The molecule has 0 aliphatic carbocycles. The lowest BCUT2D eigenvalue weighted by Crippen LogP contribution is -1.92. The summed E-state index contributed by atoms with van der Waals surface area (Å²) >= 11 is 1.72. The highest BCUT2D eigenvalue weighted by Crippen LogP contribution is 2.41. The average molecular weight is 390 g/mol. The summed E-state index contributed by atoms with van der Waals surface area (Å²) in [6.45, 7) is 0. The lowest BCUT2D eigenvalue weighted by Gasteiger charge is -2.02. The summed E-state index contributed by atoms with van der Waals surface area (Å²) in [6.07, 6.45) is 0. The maximum Gasteiger partial charge on any atom is 0.195 e. The zero-order chi connectivity index (χ0) is 18.9. The summed E-state index contributed by atoms with van der Waals surface area (Å²) < 4.78 is 9.81. The lowest BCUT2D eigenvalue weighted by atomic mass is 10.1. The van der Waals surface area contributed by atoms with Crippen LogP contribution in [0.15, 0.2) is 89.3 Å². The van der Waals surface area contributed by atoms with Crippen LogP contribution in [0.2, 0.25) is 0 Å². The van der Waals surface area contributed by atoms with Crippen LogP contribution in [0.4, 0.5) is 0 Å². The largest absolute Gasteiger partial charge is 0.455 e. The van der Waals surface area contributed by atoms with E-state index in [1.807, 2.05) is 18.2 Å². The van der Waals surface area contributed by atoms with Gasteiger partial charge < -0.3 is 4.42 Å². The Balaban J connectivity index is 1.70. The average Bonchev–Trinajstić information content (AvgIpc) is 3.44. The fourth-order valence-electron chi connectivity index (χ4n) is 4.40. The van der Waals surface area contributed by atoms with Crippen LogP contribution in [0.1, 0.15) is 0 Å². The van der Waals surface area contributed by atoms with Crippen LogP contribution in [0.3, 0.4) is 0 Å². The normalized spacial score (nSPS) is 12.1. The first kappa shape index (κ1) is 15.3. The number of para-hydroxylation sites is 3. The van der Waals surface area contributed by atoms with E-state index in [2.05, 4.69) is 71.3 Å². The van der Waals surface area contributed by atoms with Crippen molar-refractivity contribution >= 4 is 65.3 Å². The van der Waals surface area contributed by atoms with E-state index in [0.29, 0.717) is 0 Å². The van der Waals surface area contributed by atoms with E-state index in [0.717, 1.165) is 49.0 Å². The number of benzene rings is 4. The molecule has 0 spiro atoms. The number of thiazole rings is 1. The van der Waals surface area contributed by atoms with Gasteiger partial charge in [-0.1, -0.05) is 59.9 Å². The predicted octanol–water partition coefficient (Wildman–Crippen LogP) is 7.29. The predicted molar refractivity (Wildman–Crippen MR) is 121 cm³/mol. The maximum atomic E-state index is 6.35. The Labute approximate surface area is 169 Å². The molecule has 0 saturated carbocycles. The van der Waals surface area contributed by atoms with Gasteiger partial charge in [0.15, 0.2) is 5.13 Å². The van der Waals surface area contributed by atoms with Gasteiger partial charge in [0.25, 0.3) is 0 Å². The number of nitrogens with zero attached hydrogens (tertiary/aromatic N) is 2. The summed E-state index contributed by atoms with van der Waals surface area (Å²) in [5.74, 6) is 0. The molecule has 0 N–H and O–H groups in total. The van der Waals surface area contributed by atoms with Crippen LogP contribution >= 0.6 is 11.3 Å². The van der Waals surface area contributed by atoms with Crippen molar-refractivity contribution in [2.24, 2.45) is 0 Å². The number of aromatic nitrogens is 2. The third-order valence-corrected chi connectivity index (χ3v) is 6.68. The van der Waals surface area contributed by atoms with Crippen molar-refractivity contribution in [1.82, 2.24) is 9.55 Å². The van der Waals surface area contributed by atoms with Gasteiger partial charge in [-0.05, 0) is 36.4 Å². The molecule has 29 heavy (non-hydrogen) atoms. The molecule has 0 radical (unpaired) electrons. The summed E-state index contributed by atoms with van der Waals surface area (Å²) in [5.41, 5.74) is 5.17. The molecule has 7 rings (SSSR count). The molecule has 0 atom stereocenters. The van der Waals surface area contributed by atoms with E-state index in [-0.39, 0.29) is 0 Å². The van der Waals surface area contributed by atoms with Crippen LogP contribution in [0.5, 0.6) is 0 Å². The van der Waals surface area contributed by atoms with Crippen molar-refractivity contribution in [3.05, 3.63) is 84.9 Å². The highest BCUT2D eigenvalue weighted by molar-refractivity contribution is 7.20. The molecule has 7 aromatic rings. The van der Waals surface area contributed by atoms with Gasteiger partial charge in [0.05, 0.1) is 26.6 Å². The molecule has 3 aromatic heterocycles. The van der Waals surface area contributed by atoms with Crippen molar-refractivity contribution in [2.45, 2.75) is 0 Å². The second-order valence-corrected chi connectivity index (χ2v) is 8.26. The fraction of sp³-hybridized carbons (Fsp3) is 0.